The van der Waals surface area contributed by atoms with Crippen LogP contribution in [0.2, 0.25) is 10.0 Å². The van der Waals surface area contributed by atoms with E-state index >= 15 is 0 Å². The summed E-state index contributed by atoms with van der Waals surface area (Å²) in [5.74, 6) is 1.61. The van der Waals surface area contributed by atoms with E-state index in [9.17, 15) is 0 Å². The zero-order valence-electron chi connectivity index (χ0n) is 15.1. The molecule has 6 heteroatoms. The van der Waals surface area contributed by atoms with E-state index < -0.39 is 0 Å². The van der Waals surface area contributed by atoms with Crippen LogP contribution in [0.25, 0.3) is 0 Å². The van der Waals surface area contributed by atoms with E-state index in [-0.39, 0.29) is 6.04 Å². The molecule has 1 unspecified atom stereocenters. The maximum absolute atomic E-state index is 6.34. The predicted molar refractivity (Wildman–Crippen MR) is 107 cm³/mol. The highest BCUT2D eigenvalue weighted by atomic mass is 35.5. The van der Waals surface area contributed by atoms with Crippen molar-refractivity contribution >= 4 is 23.2 Å². The van der Waals surface area contributed by atoms with Crippen LogP contribution in [0.5, 0.6) is 11.5 Å². The molecule has 26 heavy (non-hydrogen) atoms. The van der Waals surface area contributed by atoms with E-state index in [1.807, 2.05) is 36.4 Å². The molecular weight excluding hydrogens is 371 g/mol. The quantitative estimate of drug-likeness (QED) is 0.814. The van der Waals surface area contributed by atoms with Crippen molar-refractivity contribution in [3.05, 3.63) is 57.6 Å². The molecular formula is C20H24Cl2N2O2. The Balaban J connectivity index is 2.15. The van der Waals surface area contributed by atoms with Gasteiger partial charge in [0.05, 0.1) is 35.9 Å². The van der Waals surface area contributed by atoms with E-state index in [0.717, 1.165) is 55.2 Å². The summed E-state index contributed by atoms with van der Waals surface area (Å²) in [6.45, 7) is 3.86. The van der Waals surface area contributed by atoms with Gasteiger partial charge in [-0.1, -0.05) is 35.3 Å². The lowest BCUT2D eigenvalue weighted by atomic mass is 9.95. The van der Waals surface area contributed by atoms with Crippen LogP contribution in [-0.4, -0.2) is 45.3 Å². The van der Waals surface area contributed by atoms with Crippen LogP contribution in [0.3, 0.4) is 0 Å². The molecule has 0 radical (unpaired) electrons. The highest BCUT2D eigenvalue weighted by Gasteiger charge is 2.29. The second-order valence-corrected chi connectivity index (χ2v) is 7.11. The smallest absolute Gasteiger partial charge is 0.127 e. The Hall–Kier alpha value is -1.46. The van der Waals surface area contributed by atoms with E-state index in [1.54, 1.807) is 14.2 Å². The number of halogens is 2. The van der Waals surface area contributed by atoms with Gasteiger partial charge in [-0.25, -0.2) is 0 Å². The molecule has 0 spiro atoms. The summed E-state index contributed by atoms with van der Waals surface area (Å²) in [6.07, 6.45) is 1.08. The number of benzene rings is 2. The topological polar surface area (TPSA) is 33.7 Å². The average Bonchev–Trinajstić information content (AvgIpc) is 2.94. The van der Waals surface area contributed by atoms with E-state index in [2.05, 4.69) is 10.2 Å². The Kier molecular flexibility index (Phi) is 6.65. The van der Waals surface area contributed by atoms with E-state index in [0.29, 0.717) is 10.0 Å². The lowest BCUT2D eigenvalue weighted by Crippen LogP contribution is -2.33. The van der Waals surface area contributed by atoms with Crippen LogP contribution >= 0.6 is 23.2 Å². The van der Waals surface area contributed by atoms with E-state index in [1.165, 1.54) is 0 Å². The zero-order chi connectivity index (χ0) is 18.5. The van der Waals surface area contributed by atoms with Gasteiger partial charge in [0.2, 0.25) is 0 Å². The fourth-order valence-corrected chi connectivity index (χ4v) is 3.82. The van der Waals surface area contributed by atoms with Crippen molar-refractivity contribution in [1.82, 2.24) is 10.2 Å². The number of ether oxygens (including phenoxy) is 2. The van der Waals surface area contributed by atoms with Crippen LogP contribution < -0.4 is 14.8 Å². The summed E-state index contributed by atoms with van der Waals surface area (Å²) >= 11 is 12.5. The van der Waals surface area contributed by atoms with Gasteiger partial charge >= 0.3 is 0 Å². The average molecular weight is 395 g/mol. The molecule has 1 atom stereocenters. The summed E-state index contributed by atoms with van der Waals surface area (Å²) in [4.78, 5) is 2.44. The minimum atomic E-state index is -0.0317. The van der Waals surface area contributed by atoms with Crippen LogP contribution in [0, 0.1) is 0 Å². The Labute approximate surface area is 165 Å². The van der Waals surface area contributed by atoms with Gasteiger partial charge in [0.25, 0.3) is 0 Å². The Bertz CT molecular complexity index is 724. The summed E-state index contributed by atoms with van der Waals surface area (Å²) in [6, 6.07) is 11.7. The SMILES string of the molecule is COc1cccc(OC)c1C(c1ccc(Cl)c(Cl)c1)N1CCCNCC1. The molecule has 0 amide bonds. The minimum absolute atomic E-state index is 0.0317. The first kappa shape index (κ1) is 19.3. The number of nitrogens with zero attached hydrogens (tertiary/aromatic N) is 1. The van der Waals surface area contributed by atoms with E-state index in [4.69, 9.17) is 32.7 Å². The highest BCUT2D eigenvalue weighted by Crippen LogP contribution is 2.42. The monoisotopic (exact) mass is 394 g/mol. The van der Waals surface area contributed by atoms with Gasteiger partial charge in [0.1, 0.15) is 11.5 Å². The van der Waals surface area contributed by atoms with Gasteiger partial charge in [0.15, 0.2) is 0 Å². The first-order valence-corrected chi connectivity index (χ1v) is 9.52. The van der Waals surface area contributed by atoms with Crippen molar-refractivity contribution in [3.8, 4) is 11.5 Å². The van der Waals surface area contributed by atoms with Gasteiger partial charge in [-0.3, -0.25) is 4.90 Å². The molecule has 1 aliphatic heterocycles. The summed E-state index contributed by atoms with van der Waals surface area (Å²) < 4.78 is 11.4. The van der Waals surface area contributed by atoms with Gasteiger partial charge in [-0.05, 0) is 42.8 Å². The number of methoxy groups -OCH3 is 2. The molecule has 1 fully saturated rings. The molecule has 0 bridgehead atoms. The molecule has 1 saturated heterocycles. The zero-order valence-corrected chi connectivity index (χ0v) is 16.6. The maximum atomic E-state index is 6.34. The van der Waals surface area contributed by atoms with Crippen LogP contribution in [-0.2, 0) is 0 Å². The largest absolute Gasteiger partial charge is 0.496 e. The number of rotatable bonds is 5. The molecule has 1 N–H and O–H groups in total. The summed E-state index contributed by atoms with van der Waals surface area (Å²) in [5, 5.41) is 4.57. The first-order chi connectivity index (χ1) is 12.7. The van der Waals surface area contributed by atoms with Crippen LogP contribution in [0.1, 0.15) is 23.6 Å². The Morgan fingerprint density at radius 2 is 1.69 bits per heavy atom. The van der Waals surface area contributed by atoms with Gasteiger partial charge in [-0.15, -0.1) is 0 Å². The molecule has 1 aliphatic rings. The Morgan fingerprint density at radius 1 is 0.962 bits per heavy atom. The molecule has 140 valence electrons. The van der Waals surface area contributed by atoms with Gasteiger partial charge in [0, 0.05) is 19.6 Å². The van der Waals surface area contributed by atoms with Gasteiger partial charge in [-0.2, -0.15) is 0 Å². The van der Waals surface area contributed by atoms with Crippen molar-refractivity contribution in [2.24, 2.45) is 0 Å². The maximum Gasteiger partial charge on any atom is 0.127 e. The third-order valence-corrected chi connectivity index (χ3v) is 5.48. The molecule has 0 aromatic heterocycles. The molecule has 2 aromatic rings. The molecule has 2 aromatic carbocycles. The minimum Gasteiger partial charge on any atom is -0.496 e. The third kappa shape index (κ3) is 4.09. The number of hydrogen-bond donors (Lipinski definition) is 1. The summed E-state index contributed by atoms with van der Waals surface area (Å²) in [7, 11) is 3.38. The van der Waals surface area contributed by atoms with Crippen molar-refractivity contribution in [2.75, 3.05) is 40.4 Å². The third-order valence-electron chi connectivity index (χ3n) is 4.74. The lowest BCUT2D eigenvalue weighted by Gasteiger charge is -2.33. The normalized spacial score (nSPS) is 16.8. The molecule has 0 aliphatic carbocycles. The van der Waals surface area contributed by atoms with Crippen molar-refractivity contribution in [2.45, 2.75) is 12.5 Å². The number of nitrogens with one attached hydrogen (secondary N) is 1. The van der Waals surface area contributed by atoms with Crippen molar-refractivity contribution < 1.29 is 9.47 Å². The summed E-state index contributed by atoms with van der Waals surface area (Å²) in [5.41, 5.74) is 2.09. The van der Waals surface area contributed by atoms with Crippen LogP contribution in [0.15, 0.2) is 36.4 Å². The molecule has 1 heterocycles. The first-order valence-electron chi connectivity index (χ1n) is 8.76. The second kappa shape index (κ2) is 8.96. The number of hydrogen-bond acceptors (Lipinski definition) is 4. The lowest BCUT2D eigenvalue weighted by molar-refractivity contribution is 0.231. The van der Waals surface area contributed by atoms with Crippen molar-refractivity contribution in [3.63, 3.8) is 0 Å². The van der Waals surface area contributed by atoms with Crippen LogP contribution in [0.4, 0.5) is 0 Å². The van der Waals surface area contributed by atoms with Gasteiger partial charge < -0.3 is 14.8 Å². The Morgan fingerprint density at radius 3 is 2.35 bits per heavy atom. The fraction of sp³-hybridized carbons (Fsp3) is 0.400. The second-order valence-electron chi connectivity index (χ2n) is 6.29. The van der Waals surface area contributed by atoms with Crippen molar-refractivity contribution in [1.29, 1.82) is 0 Å². The molecule has 0 saturated carbocycles. The fourth-order valence-electron chi connectivity index (χ4n) is 3.52. The molecule has 4 nitrogen and oxygen atoms in total. The standard InChI is InChI=1S/C20H24Cl2N2O2/c1-25-17-5-3-6-18(26-2)19(17)20(24-11-4-9-23-10-12-24)14-7-8-15(21)16(22)13-14/h3,5-8,13,20,23H,4,9-12H2,1-2H3. The highest BCUT2D eigenvalue weighted by molar-refractivity contribution is 6.42. The molecule has 3 rings (SSSR count). The predicted octanol–water partition coefficient (Wildman–Crippen LogP) is 4.40.